The first-order valence-electron chi connectivity index (χ1n) is 8.05. The van der Waals surface area contributed by atoms with E-state index in [4.69, 9.17) is 0 Å². The van der Waals surface area contributed by atoms with Gasteiger partial charge < -0.3 is 10.3 Å². The van der Waals surface area contributed by atoms with Gasteiger partial charge in [0, 0.05) is 18.0 Å². The zero-order valence-electron chi connectivity index (χ0n) is 14.1. The van der Waals surface area contributed by atoms with E-state index in [2.05, 4.69) is 41.2 Å². The molecule has 1 aromatic carbocycles. The zero-order valence-corrected chi connectivity index (χ0v) is 15.7. The standard InChI is InChI=1S/C19H13BrFN5O/c1-10-5-6-22-9-14(10)24-19(27)15-13(20)8-23-18-16(15)25-17(26-18)11-3-2-4-12(21)7-11/h2-9H,1H3,(H,24,27)(H,23,25,26). The normalized spacial score (nSPS) is 10.9. The Balaban J connectivity index is 1.79. The number of anilines is 1. The maximum absolute atomic E-state index is 13.5. The first-order chi connectivity index (χ1) is 13.0. The van der Waals surface area contributed by atoms with Gasteiger partial charge in [0.1, 0.15) is 17.2 Å². The molecule has 0 radical (unpaired) electrons. The number of nitrogens with one attached hydrogen (secondary N) is 2. The van der Waals surface area contributed by atoms with Crippen molar-refractivity contribution in [2.24, 2.45) is 0 Å². The molecule has 134 valence electrons. The summed E-state index contributed by atoms with van der Waals surface area (Å²) in [5.74, 6) is -0.281. The number of imidazole rings is 1. The van der Waals surface area contributed by atoms with Crippen LogP contribution in [-0.4, -0.2) is 25.8 Å². The van der Waals surface area contributed by atoms with Crippen molar-refractivity contribution >= 4 is 38.7 Å². The van der Waals surface area contributed by atoms with Gasteiger partial charge in [0.25, 0.3) is 5.91 Å². The monoisotopic (exact) mass is 425 g/mol. The molecule has 1 amide bonds. The number of carbonyl (C=O) groups excluding carboxylic acids is 1. The second-order valence-electron chi connectivity index (χ2n) is 5.92. The molecule has 0 atom stereocenters. The summed E-state index contributed by atoms with van der Waals surface area (Å²) in [6.45, 7) is 1.88. The number of H-pyrrole nitrogens is 1. The number of carbonyl (C=O) groups is 1. The van der Waals surface area contributed by atoms with Gasteiger partial charge in [-0.3, -0.25) is 9.78 Å². The van der Waals surface area contributed by atoms with Crippen molar-refractivity contribution in [2.45, 2.75) is 6.92 Å². The van der Waals surface area contributed by atoms with E-state index in [1.807, 2.05) is 13.0 Å². The van der Waals surface area contributed by atoms with E-state index in [0.717, 1.165) is 5.56 Å². The van der Waals surface area contributed by atoms with Crippen LogP contribution in [-0.2, 0) is 0 Å². The molecule has 0 bridgehead atoms. The average Bonchev–Trinajstić information content (AvgIpc) is 3.07. The number of rotatable bonds is 3. The van der Waals surface area contributed by atoms with Crippen LogP contribution in [0.1, 0.15) is 15.9 Å². The minimum atomic E-state index is -0.368. The van der Waals surface area contributed by atoms with E-state index in [0.29, 0.717) is 38.3 Å². The molecule has 2 N–H and O–H groups in total. The van der Waals surface area contributed by atoms with Gasteiger partial charge in [-0.25, -0.2) is 14.4 Å². The number of fused-ring (bicyclic) bond motifs is 1. The average molecular weight is 426 g/mol. The molecule has 8 heteroatoms. The van der Waals surface area contributed by atoms with Crippen molar-refractivity contribution in [1.29, 1.82) is 0 Å². The highest BCUT2D eigenvalue weighted by Gasteiger charge is 2.20. The molecule has 27 heavy (non-hydrogen) atoms. The number of hydrogen-bond acceptors (Lipinski definition) is 4. The minimum absolute atomic E-state index is 0.335. The highest BCUT2D eigenvalue weighted by molar-refractivity contribution is 9.10. The number of hydrogen-bond donors (Lipinski definition) is 2. The van der Waals surface area contributed by atoms with E-state index < -0.39 is 0 Å². The molecule has 0 saturated heterocycles. The lowest BCUT2D eigenvalue weighted by Gasteiger charge is -2.09. The topological polar surface area (TPSA) is 83.6 Å². The van der Waals surface area contributed by atoms with Crippen molar-refractivity contribution in [3.8, 4) is 11.4 Å². The molecule has 4 aromatic rings. The van der Waals surface area contributed by atoms with Crippen LogP contribution in [0.3, 0.4) is 0 Å². The summed E-state index contributed by atoms with van der Waals surface area (Å²) in [5, 5.41) is 2.84. The van der Waals surface area contributed by atoms with Crippen molar-refractivity contribution in [3.05, 3.63) is 70.3 Å². The molecule has 4 rings (SSSR count). The number of amides is 1. The quantitative estimate of drug-likeness (QED) is 0.506. The summed E-state index contributed by atoms with van der Waals surface area (Å²) in [7, 11) is 0. The van der Waals surface area contributed by atoms with Gasteiger partial charge in [-0.05, 0) is 46.6 Å². The first kappa shape index (κ1) is 17.3. The molecule has 0 saturated carbocycles. The Labute approximate surface area is 162 Å². The lowest BCUT2D eigenvalue weighted by Crippen LogP contribution is -2.14. The Morgan fingerprint density at radius 2 is 2.11 bits per heavy atom. The maximum atomic E-state index is 13.5. The fraction of sp³-hybridized carbons (Fsp3) is 0.0526. The minimum Gasteiger partial charge on any atom is -0.323 e. The van der Waals surface area contributed by atoms with Gasteiger partial charge in [-0.2, -0.15) is 0 Å². The Kier molecular flexibility index (Phi) is 4.41. The van der Waals surface area contributed by atoms with Crippen LogP contribution in [0.5, 0.6) is 0 Å². The van der Waals surface area contributed by atoms with E-state index in [1.54, 1.807) is 24.5 Å². The van der Waals surface area contributed by atoms with Gasteiger partial charge in [0.15, 0.2) is 5.65 Å². The third kappa shape index (κ3) is 3.31. The molecular formula is C19H13BrFN5O. The smallest absolute Gasteiger partial charge is 0.259 e. The molecule has 0 unspecified atom stereocenters. The fourth-order valence-corrected chi connectivity index (χ4v) is 3.17. The fourth-order valence-electron chi connectivity index (χ4n) is 2.70. The highest BCUT2D eigenvalue weighted by atomic mass is 79.9. The van der Waals surface area contributed by atoms with Crippen LogP contribution in [0.4, 0.5) is 10.1 Å². The predicted molar refractivity (Wildman–Crippen MR) is 104 cm³/mol. The number of benzene rings is 1. The molecule has 0 aliphatic carbocycles. The van der Waals surface area contributed by atoms with Crippen LogP contribution >= 0.6 is 15.9 Å². The van der Waals surface area contributed by atoms with E-state index in [-0.39, 0.29) is 11.7 Å². The summed E-state index contributed by atoms with van der Waals surface area (Å²) in [5.41, 5.74) is 3.23. The van der Waals surface area contributed by atoms with Crippen molar-refractivity contribution < 1.29 is 9.18 Å². The molecule has 0 fully saturated rings. The lowest BCUT2D eigenvalue weighted by molar-refractivity contribution is 0.102. The Morgan fingerprint density at radius 1 is 1.26 bits per heavy atom. The summed E-state index contributed by atoms with van der Waals surface area (Å²) in [6.07, 6.45) is 4.77. The molecule has 0 aliphatic rings. The SMILES string of the molecule is Cc1ccncc1NC(=O)c1c(Br)cnc2[nH]c(-c3cccc(F)c3)nc12. The number of aromatic nitrogens is 4. The van der Waals surface area contributed by atoms with E-state index in [9.17, 15) is 9.18 Å². The molecule has 3 heterocycles. The predicted octanol–water partition coefficient (Wildman–Crippen LogP) is 4.48. The third-order valence-electron chi connectivity index (χ3n) is 4.08. The zero-order chi connectivity index (χ0) is 19.0. The summed E-state index contributed by atoms with van der Waals surface area (Å²) >= 11 is 3.37. The van der Waals surface area contributed by atoms with Gasteiger partial charge in [0.05, 0.1) is 21.9 Å². The summed E-state index contributed by atoms with van der Waals surface area (Å²) < 4.78 is 14.0. The Bertz CT molecular complexity index is 1170. The van der Waals surface area contributed by atoms with Crippen LogP contribution in [0.25, 0.3) is 22.6 Å². The third-order valence-corrected chi connectivity index (χ3v) is 4.68. The summed E-state index contributed by atoms with van der Waals surface area (Å²) in [4.78, 5) is 28.7. The van der Waals surface area contributed by atoms with Crippen molar-refractivity contribution in [2.75, 3.05) is 5.32 Å². The molecule has 3 aromatic heterocycles. The Hall–Kier alpha value is -3.13. The lowest BCUT2D eigenvalue weighted by atomic mass is 10.2. The second kappa shape index (κ2) is 6.88. The highest BCUT2D eigenvalue weighted by Crippen LogP contribution is 2.27. The van der Waals surface area contributed by atoms with Crippen LogP contribution in [0.2, 0.25) is 0 Å². The number of aryl methyl sites for hydroxylation is 1. The molecule has 6 nitrogen and oxygen atoms in total. The second-order valence-corrected chi connectivity index (χ2v) is 6.77. The Morgan fingerprint density at radius 3 is 2.89 bits per heavy atom. The maximum Gasteiger partial charge on any atom is 0.259 e. The number of nitrogens with zero attached hydrogens (tertiary/aromatic N) is 3. The number of aromatic amines is 1. The van der Waals surface area contributed by atoms with E-state index in [1.165, 1.54) is 18.3 Å². The van der Waals surface area contributed by atoms with Crippen molar-refractivity contribution in [1.82, 2.24) is 19.9 Å². The van der Waals surface area contributed by atoms with Gasteiger partial charge in [0.2, 0.25) is 0 Å². The molecule has 0 spiro atoms. The number of pyridine rings is 2. The van der Waals surface area contributed by atoms with E-state index >= 15 is 0 Å². The van der Waals surface area contributed by atoms with Crippen molar-refractivity contribution in [3.63, 3.8) is 0 Å². The summed E-state index contributed by atoms with van der Waals surface area (Å²) in [6, 6.07) is 7.86. The molecular weight excluding hydrogens is 413 g/mol. The van der Waals surface area contributed by atoms with Gasteiger partial charge in [-0.15, -0.1) is 0 Å². The van der Waals surface area contributed by atoms with Crippen LogP contribution in [0.15, 0.2) is 53.4 Å². The number of halogens is 2. The van der Waals surface area contributed by atoms with Crippen LogP contribution in [0, 0.1) is 12.7 Å². The van der Waals surface area contributed by atoms with Crippen LogP contribution < -0.4 is 5.32 Å². The molecule has 0 aliphatic heterocycles. The first-order valence-corrected chi connectivity index (χ1v) is 8.84. The van der Waals surface area contributed by atoms with Gasteiger partial charge in [-0.1, -0.05) is 12.1 Å². The largest absolute Gasteiger partial charge is 0.323 e. The van der Waals surface area contributed by atoms with Gasteiger partial charge >= 0.3 is 0 Å².